The molecule has 1 aliphatic heterocycles. The van der Waals surface area contributed by atoms with Gasteiger partial charge >= 0.3 is 0 Å². The van der Waals surface area contributed by atoms with Crippen molar-refractivity contribution in [2.24, 2.45) is 0 Å². The Balaban J connectivity index is 1.95. The smallest absolute Gasteiger partial charge is 0.242 e. The molecule has 0 aliphatic carbocycles. The number of anilines is 1. The Kier molecular flexibility index (Phi) is 4.65. The molecule has 4 heteroatoms. The number of amides is 1. The summed E-state index contributed by atoms with van der Waals surface area (Å²) in [7, 11) is 0. The molecule has 0 bridgehead atoms. The van der Waals surface area contributed by atoms with Crippen LogP contribution in [0.5, 0.6) is 0 Å². The van der Waals surface area contributed by atoms with Crippen molar-refractivity contribution in [2.45, 2.75) is 39.9 Å². The van der Waals surface area contributed by atoms with Crippen LogP contribution < -0.4 is 5.32 Å². The first-order valence-electron chi connectivity index (χ1n) is 7.20. The second kappa shape index (κ2) is 6.27. The Hall–Kier alpha value is -1.55. The standard InChI is InChI=1S/C16H24N2O2/c1-11-6-5-7-12(2)16(11)17-8-15(19)18-9-13(3)20-14(4)10-18/h5-7,13-14,17H,8-10H2,1-4H3. The second-order valence-electron chi connectivity index (χ2n) is 5.68. The monoisotopic (exact) mass is 276 g/mol. The van der Waals surface area contributed by atoms with Gasteiger partial charge in [-0.3, -0.25) is 4.79 Å². The number of para-hydroxylation sites is 1. The summed E-state index contributed by atoms with van der Waals surface area (Å²) in [6.45, 7) is 9.82. The fraction of sp³-hybridized carbons (Fsp3) is 0.562. The van der Waals surface area contributed by atoms with Crippen LogP contribution in [0.2, 0.25) is 0 Å². The largest absolute Gasteiger partial charge is 0.376 e. The molecule has 1 aliphatic rings. The van der Waals surface area contributed by atoms with E-state index >= 15 is 0 Å². The first-order valence-corrected chi connectivity index (χ1v) is 7.20. The average Bonchev–Trinajstić information content (AvgIpc) is 2.36. The molecule has 0 spiro atoms. The van der Waals surface area contributed by atoms with Crippen LogP contribution in [0.1, 0.15) is 25.0 Å². The zero-order chi connectivity index (χ0) is 14.7. The molecule has 0 saturated carbocycles. The van der Waals surface area contributed by atoms with Crippen LogP contribution in [0, 0.1) is 13.8 Å². The zero-order valence-corrected chi connectivity index (χ0v) is 12.8. The normalized spacial score (nSPS) is 22.7. The summed E-state index contributed by atoms with van der Waals surface area (Å²) in [6, 6.07) is 6.14. The van der Waals surface area contributed by atoms with Gasteiger partial charge in [-0.05, 0) is 38.8 Å². The van der Waals surface area contributed by atoms with Gasteiger partial charge in [-0.15, -0.1) is 0 Å². The zero-order valence-electron chi connectivity index (χ0n) is 12.8. The minimum absolute atomic E-state index is 0.114. The molecule has 0 radical (unpaired) electrons. The Morgan fingerprint density at radius 3 is 2.35 bits per heavy atom. The number of nitrogens with zero attached hydrogens (tertiary/aromatic N) is 1. The van der Waals surface area contributed by atoms with Gasteiger partial charge in [-0.25, -0.2) is 0 Å². The number of rotatable bonds is 3. The fourth-order valence-corrected chi connectivity index (χ4v) is 2.75. The van der Waals surface area contributed by atoms with Crippen molar-refractivity contribution < 1.29 is 9.53 Å². The van der Waals surface area contributed by atoms with Gasteiger partial charge in [0.25, 0.3) is 0 Å². The van der Waals surface area contributed by atoms with E-state index in [1.807, 2.05) is 24.8 Å². The molecule has 1 saturated heterocycles. The van der Waals surface area contributed by atoms with Crippen LogP contribution in [0.15, 0.2) is 18.2 Å². The summed E-state index contributed by atoms with van der Waals surface area (Å²) in [4.78, 5) is 14.2. The minimum atomic E-state index is 0.114. The van der Waals surface area contributed by atoms with Gasteiger partial charge < -0.3 is 15.0 Å². The van der Waals surface area contributed by atoms with Crippen LogP contribution in [0.4, 0.5) is 5.69 Å². The second-order valence-corrected chi connectivity index (χ2v) is 5.68. The number of benzene rings is 1. The SMILES string of the molecule is Cc1cccc(C)c1NCC(=O)N1CC(C)OC(C)C1. The summed E-state index contributed by atoms with van der Waals surface area (Å²) in [5.41, 5.74) is 3.40. The van der Waals surface area contributed by atoms with E-state index in [0.717, 1.165) is 5.69 Å². The van der Waals surface area contributed by atoms with Crippen molar-refractivity contribution in [3.63, 3.8) is 0 Å². The summed E-state index contributed by atoms with van der Waals surface area (Å²) >= 11 is 0. The van der Waals surface area contributed by atoms with Gasteiger partial charge in [0, 0.05) is 18.8 Å². The van der Waals surface area contributed by atoms with E-state index in [1.54, 1.807) is 0 Å². The van der Waals surface area contributed by atoms with Crippen LogP contribution in [-0.2, 0) is 9.53 Å². The van der Waals surface area contributed by atoms with E-state index in [4.69, 9.17) is 4.74 Å². The lowest BCUT2D eigenvalue weighted by Gasteiger charge is -2.35. The summed E-state index contributed by atoms with van der Waals surface area (Å²) in [5, 5.41) is 3.28. The molecular formula is C16H24N2O2. The highest BCUT2D eigenvalue weighted by molar-refractivity contribution is 5.81. The lowest BCUT2D eigenvalue weighted by atomic mass is 10.1. The molecule has 1 amide bonds. The molecule has 0 aromatic heterocycles. The quantitative estimate of drug-likeness (QED) is 0.921. The molecule has 2 atom stereocenters. The van der Waals surface area contributed by atoms with Gasteiger partial charge in [-0.1, -0.05) is 18.2 Å². The summed E-state index contributed by atoms with van der Waals surface area (Å²) in [5.74, 6) is 0.134. The molecule has 1 aromatic rings. The molecule has 1 N–H and O–H groups in total. The van der Waals surface area contributed by atoms with Crippen molar-refractivity contribution >= 4 is 11.6 Å². The van der Waals surface area contributed by atoms with E-state index in [2.05, 4.69) is 31.3 Å². The highest BCUT2D eigenvalue weighted by atomic mass is 16.5. The van der Waals surface area contributed by atoms with Gasteiger partial charge in [-0.2, -0.15) is 0 Å². The topological polar surface area (TPSA) is 41.6 Å². The molecule has 1 fully saturated rings. The molecule has 110 valence electrons. The van der Waals surface area contributed by atoms with Gasteiger partial charge in [0.15, 0.2) is 0 Å². The Morgan fingerprint density at radius 1 is 1.25 bits per heavy atom. The van der Waals surface area contributed by atoms with Crippen LogP contribution in [0.3, 0.4) is 0 Å². The number of morpholine rings is 1. The lowest BCUT2D eigenvalue weighted by Crippen LogP contribution is -2.49. The van der Waals surface area contributed by atoms with Crippen molar-refractivity contribution in [2.75, 3.05) is 25.0 Å². The third-order valence-corrected chi connectivity index (χ3v) is 3.67. The molecular weight excluding hydrogens is 252 g/mol. The van der Waals surface area contributed by atoms with Crippen molar-refractivity contribution in [3.05, 3.63) is 29.3 Å². The maximum absolute atomic E-state index is 12.3. The molecule has 2 unspecified atom stereocenters. The van der Waals surface area contributed by atoms with Gasteiger partial charge in [0.2, 0.25) is 5.91 Å². The summed E-state index contributed by atoms with van der Waals surface area (Å²) < 4.78 is 5.65. The predicted molar refractivity (Wildman–Crippen MR) is 81.0 cm³/mol. The third kappa shape index (κ3) is 3.51. The van der Waals surface area contributed by atoms with E-state index in [0.29, 0.717) is 19.6 Å². The maximum atomic E-state index is 12.3. The van der Waals surface area contributed by atoms with Crippen LogP contribution in [0.25, 0.3) is 0 Å². The highest BCUT2D eigenvalue weighted by Gasteiger charge is 2.25. The van der Waals surface area contributed by atoms with Crippen molar-refractivity contribution in [1.29, 1.82) is 0 Å². The molecule has 1 aromatic carbocycles. The predicted octanol–water partition coefficient (Wildman–Crippen LogP) is 2.35. The number of hydrogen-bond donors (Lipinski definition) is 1. The Morgan fingerprint density at radius 2 is 1.80 bits per heavy atom. The van der Waals surface area contributed by atoms with E-state index in [1.165, 1.54) is 11.1 Å². The van der Waals surface area contributed by atoms with Crippen LogP contribution >= 0.6 is 0 Å². The molecule has 20 heavy (non-hydrogen) atoms. The van der Waals surface area contributed by atoms with E-state index in [9.17, 15) is 4.79 Å². The number of aryl methyl sites for hydroxylation is 2. The number of carbonyl (C=O) groups is 1. The summed E-state index contributed by atoms with van der Waals surface area (Å²) in [6.07, 6.45) is 0.228. The lowest BCUT2D eigenvalue weighted by molar-refractivity contribution is -0.141. The number of nitrogens with one attached hydrogen (secondary N) is 1. The number of ether oxygens (including phenoxy) is 1. The number of hydrogen-bond acceptors (Lipinski definition) is 3. The first kappa shape index (κ1) is 14.9. The number of carbonyl (C=O) groups excluding carboxylic acids is 1. The Labute approximate surface area is 121 Å². The Bertz CT molecular complexity index is 457. The van der Waals surface area contributed by atoms with Gasteiger partial charge in [0.05, 0.1) is 18.8 Å². The van der Waals surface area contributed by atoms with E-state index < -0.39 is 0 Å². The fourth-order valence-electron chi connectivity index (χ4n) is 2.75. The van der Waals surface area contributed by atoms with E-state index in [-0.39, 0.29) is 18.1 Å². The van der Waals surface area contributed by atoms with Gasteiger partial charge in [0.1, 0.15) is 0 Å². The van der Waals surface area contributed by atoms with Crippen molar-refractivity contribution in [1.82, 2.24) is 4.90 Å². The molecule has 2 rings (SSSR count). The minimum Gasteiger partial charge on any atom is -0.376 e. The third-order valence-electron chi connectivity index (χ3n) is 3.67. The maximum Gasteiger partial charge on any atom is 0.242 e. The molecule has 4 nitrogen and oxygen atoms in total. The molecule has 1 heterocycles. The van der Waals surface area contributed by atoms with Crippen molar-refractivity contribution in [3.8, 4) is 0 Å². The highest BCUT2D eigenvalue weighted by Crippen LogP contribution is 2.19. The first-order chi connectivity index (χ1) is 9.47. The van der Waals surface area contributed by atoms with Crippen LogP contribution in [-0.4, -0.2) is 42.6 Å². The average molecular weight is 276 g/mol.